The van der Waals surface area contributed by atoms with Crippen molar-refractivity contribution in [3.63, 3.8) is 0 Å². The van der Waals surface area contributed by atoms with Gasteiger partial charge in [0.25, 0.3) is 5.91 Å². The van der Waals surface area contributed by atoms with E-state index in [9.17, 15) is 9.18 Å². The van der Waals surface area contributed by atoms with Crippen LogP contribution in [0.3, 0.4) is 0 Å². The van der Waals surface area contributed by atoms with E-state index in [-0.39, 0.29) is 11.7 Å². The minimum Gasteiger partial charge on any atom is -0.494 e. The molecular weight excluding hydrogens is 525 g/mol. The number of halogens is 1. The summed E-state index contributed by atoms with van der Waals surface area (Å²) >= 11 is 1.34. The Labute approximate surface area is 237 Å². The molecule has 3 aromatic carbocycles. The van der Waals surface area contributed by atoms with Crippen molar-refractivity contribution in [2.45, 2.75) is 51.1 Å². The Hall–Kier alpha value is -4.11. The maximum absolute atomic E-state index is 14.2. The second-order valence-electron chi connectivity index (χ2n) is 9.80. The second kappa shape index (κ2) is 12.0. The normalized spacial score (nSPS) is 14.5. The first kappa shape index (κ1) is 27.5. The number of thioether (sulfide) groups is 1. The number of rotatable bonds is 9. The molecule has 0 spiro atoms. The standard InChI is InChI=1S/C31H32FN5O2S/c1-5-16-39-24-13-11-22(12-14-24)28-27(29(38)34-26-15-10-19(2)17-20(26)3)21(4)33-30-35-31(36-37(28)30)40-18-23-8-6-7-9-25(23)32/h6-15,17,28H,5,16,18H2,1-4H3,(H,34,38)(H,33,35,36). The highest BCUT2D eigenvalue weighted by Gasteiger charge is 2.34. The maximum Gasteiger partial charge on any atom is 0.255 e. The number of carbonyl (C=O) groups excluding carboxylic acids is 1. The van der Waals surface area contributed by atoms with Crippen LogP contribution in [-0.2, 0) is 10.5 Å². The first-order valence-electron chi connectivity index (χ1n) is 13.3. The van der Waals surface area contributed by atoms with Gasteiger partial charge in [-0.2, -0.15) is 4.98 Å². The predicted octanol–water partition coefficient (Wildman–Crippen LogP) is 7.04. The van der Waals surface area contributed by atoms with Crippen LogP contribution in [0.4, 0.5) is 16.0 Å². The van der Waals surface area contributed by atoms with E-state index < -0.39 is 6.04 Å². The van der Waals surface area contributed by atoms with Crippen LogP contribution in [0.5, 0.6) is 5.75 Å². The fraction of sp³-hybridized carbons (Fsp3) is 0.258. The number of aryl methyl sites for hydroxylation is 2. The van der Waals surface area contributed by atoms with Crippen LogP contribution in [0.25, 0.3) is 0 Å². The lowest BCUT2D eigenvalue weighted by Crippen LogP contribution is -2.31. The number of nitrogens with one attached hydrogen (secondary N) is 2. The Morgan fingerprint density at radius 2 is 1.88 bits per heavy atom. The summed E-state index contributed by atoms with van der Waals surface area (Å²) in [7, 11) is 0. The monoisotopic (exact) mass is 557 g/mol. The number of anilines is 2. The number of hydrogen-bond donors (Lipinski definition) is 2. The van der Waals surface area contributed by atoms with Gasteiger partial charge in [-0.15, -0.1) is 5.10 Å². The Balaban J connectivity index is 1.49. The van der Waals surface area contributed by atoms with Crippen LogP contribution in [0.15, 0.2) is 83.2 Å². The van der Waals surface area contributed by atoms with Crippen molar-refractivity contribution in [1.82, 2.24) is 14.8 Å². The van der Waals surface area contributed by atoms with E-state index >= 15 is 0 Å². The van der Waals surface area contributed by atoms with Gasteiger partial charge in [-0.25, -0.2) is 9.07 Å². The van der Waals surface area contributed by atoms with Gasteiger partial charge in [-0.05, 0) is 68.1 Å². The minimum absolute atomic E-state index is 0.227. The van der Waals surface area contributed by atoms with Gasteiger partial charge in [0.1, 0.15) is 17.6 Å². The van der Waals surface area contributed by atoms with Gasteiger partial charge in [0.05, 0.1) is 12.2 Å². The summed E-state index contributed by atoms with van der Waals surface area (Å²) in [6, 6.07) is 19.8. The number of ether oxygens (including phenoxy) is 1. The third kappa shape index (κ3) is 5.89. The Morgan fingerprint density at radius 1 is 1.10 bits per heavy atom. The van der Waals surface area contributed by atoms with Gasteiger partial charge in [-0.3, -0.25) is 4.79 Å². The van der Waals surface area contributed by atoms with E-state index in [1.165, 1.54) is 17.8 Å². The van der Waals surface area contributed by atoms with Gasteiger partial charge in [0, 0.05) is 17.1 Å². The van der Waals surface area contributed by atoms with E-state index in [2.05, 4.69) is 22.5 Å². The highest BCUT2D eigenvalue weighted by Crippen LogP contribution is 2.38. The van der Waals surface area contributed by atoms with Gasteiger partial charge >= 0.3 is 0 Å². The zero-order valence-corrected chi connectivity index (χ0v) is 23.8. The maximum atomic E-state index is 14.2. The zero-order valence-electron chi connectivity index (χ0n) is 23.0. The summed E-state index contributed by atoms with van der Waals surface area (Å²) in [6.45, 7) is 8.56. The quantitative estimate of drug-likeness (QED) is 0.215. The summed E-state index contributed by atoms with van der Waals surface area (Å²) in [5.41, 5.74) is 5.53. The van der Waals surface area contributed by atoms with Crippen LogP contribution in [-0.4, -0.2) is 27.3 Å². The van der Waals surface area contributed by atoms with Gasteiger partial charge in [0.2, 0.25) is 11.1 Å². The van der Waals surface area contributed by atoms with E-state index in [1.807, 2.05) is 69.3 Å². The highest BCUT2D eigenvalue weighted by atomic mass is 32.2. The molecule has 1 aliphatic rings. The Kier molecular flexibility index (Phi) is 8.21. The molecule has 206 valence electrons. The van der Waals surface area contributed by atoms with Crippen molar-refractivity contribution in [2.24, 2.45) is 0 Å². The van der Waals surface area contributed by atoms with Crippen LogP contribution >= 0.6 is 11.8 Å². The van der Waals surface area contributed by atoms with E-state index in [0.29, 0.717) is 40.3 Å². The van der Waals surface area contributed by atoms with Crippen molar-refractivity contribution in [3.8, 4) is 5.75 Å². The van der Waals surface area contributed by atoms with E-state index in [0.717, 1.165) is 34.5 Å². The van der Waals surface area contributed by atoms with E-state index in [4.69, 9.17) is 9.84 Å². The van der Waals surface area contributed by atoms with Crippen LogP contribution in [0, 0.1) is 19.7 Å². The minimum atomic E-state index is -0.530. The van der Waals surface area contributed by atoms with Gasteiger partial charge in [0.15, 0.2) is 0 Å². The number of amides is 1. The number of benzene rings is 3. The number of fused-ring (bicyclic) bond motifs is 1. The van der Waals surface area contributed by atoms with Crippen molar-refractivity contribution >= 4 is 29.3 Å². The van der Waals surface area contributed by atoms with Gasteiger partial charge < -0.3 is 15.4 Å². The molecule has 2 heterocycles. The van der Waals surface area contributed by atoms with Crippen molar-refractivity contribution in [2.75, 3.05) is 17.2 Å². The fourth-order valence-corrected chi connectivity index (χ4v) is 5.48. The average Bonchev–Trinajstić information content (AvgIpc) is 3.34. The van der Waals surface area contributed by atoms with Crippen molar-refractivity contribution in [1.29, 1.82) is 0 Å². The van der Waals surface area contributed by atoms with E-state index in [1.54, 1.807) is 16.8 Å². The molecule has 1 amide bonds. The lowest BCUT2D eigenvalue weighted by Gasteiger charge is -2.29. The molecule has 0 bridgehead atoms. The Morgan fingerprint density at radius 3 is 2.60 bits per heavy atom. The molecule has 1 aliphatic heterocycles. The molecule has 5 rings (SSSR count). The molecule has 0 aliphatic carbocycles. The first-order valence-corrected chi connectivity index (χ1v) is 14.2. The van der Waals surface area contributed by atoms with Crippen molar-refractivity contribution < 1.29 is 13.9 Å². The lowest BCUT2D eigenvalue weighted by molar-refractivity contribution is -0.113. The average molecular weight is 558 g/mol. The lowest BCUT2D eigenvalue weighted by atomic mass is 9.94. The van der Waals surface area contributed by atoms with Crippen LogP contribution in [0.1, 0.15) is 48.6 Å². The predicted molar refractivity (Wildman–Crippen MR) is 157 cm³/mol. The summed E-state index contributed by atoms with van der Waals surface area (Å²) in [6.07, 6.45) is 0.913. The molecular formula is C31H32FN5O2S. The molecule has 2 N–H and O–H groups in total. The molecule has 1 aromatic heterocycles. The molecule has 1 atom stereocenters. The topological polar surface area (TPSA) is 81.1 Å². The molecule has 0 saturated heterocycles. The smallest absolute Gasteiger partial charge is 0.255 e. The SMILES string of the molecule is CCCOc1ccc(C2C(C(=O)Nc3ccc(C)cc3C)=C(C)Nc3nc(SCc4ccccc4F)nn32)cc1. The molecule has 0 saturated carbocycles. The number of nitrogens with zero attached hydrogens (tertiary/aromatic N) is 3. The third-order valence-corrected chi connectivity index (χ3v) is 7.58. The van der Waals surface area contributed by atoms with Crippen molar-refractivity contribution in [3.05, 3.63) is 106 Å². The zero-order chi connectivity index (χ0) is 28.2. The first-order chi connectivity index (χ1) is 19.3. The fourth-order valence-electron chi connectivity index (χ4n) is 4.66. The number of aromatic nitrogens is 3. The largest absolute Gasteiger partial charge is 0.494 e. The Bertz CT molecular complexity index is 1560. The number of hydrogen-bond acceptors (Lipinski definition) is 6. The third-order valence-electron chi connectivity index (χ3n) is 6.69. The van der Waals surface area contributed by atoms with Gasteiger partial charge in [-0.1, -0.05) is 66.7 Å². The number of carbonyl (C=O) groups is 1. The molecule has 40 heavy (non-hydrogen) atoms. The highest BCUT2D eigenvalue weighted by molar-refractivity contribution is 7.98. The molecule has 7 nitrogen and oxygen atoms in total. The number of allylic oxidation sites excluding steroid dienone is 1. The molecule has 4 aromatic rings. The molecule has 9 heteroatoms. The van der Waals surface area contributed by atoms with Crippen LogP contribution < -0.4 is 15.4 Å². The summed E-state index contributed by atoms with van der Waals surface area (Å²) in [5.74, 6) is 1.18. The second-order valence-corrected chi connectivity index (χ2v) is 10.7. The molecule has 0 fully saturated rings. The molecule has 0 radical (unpaired) electrons. The summed E-state index contributed by atoms with van der Waals surface area (Å²) < 4.78 is 21.7. The van der Waals surface area contributed by atoms with Crippen LogP contribution in [0.2, 0.25) is 0 Å². The summed E-state index contributed by atoms with van der Waals surface area (Å²) in [5, 5.41) is 11.6. The molecule has 1 unspecified atom stereocenters. The summed E-state index contributed by atoms with van der Waals surface area (Å²) in [4.78, 5) is 18.5.